The molecule has 1 saturated heterocycles. The van der Waals surface area contributed by atoms with Crippen LogP contribution in [0.25, 0.3) is 0 Å². The Bertz CT molecular complexity index is 1180. The maximum Gasteiger partial charge on any atom is 0.286 e. The average molecular weight is 485 g/mol. The van der Waals surface area contributed by atoms with E-state index in [2.05, 4.69) is 10.5 Å². The van der Waals surface area contributed by atoms with Crippen molar-refractivity contribution in [2.45, 2.75) is 51.4 Å². The summed E-state index contributed by atoms with van der Waals surface area (Å²) in [5.74, 6) is 1.33. The molecule has 0 spiro atoms. The molecule has 2 amide bonds. The number of hydrogen-bond donors (Lipinski definition) is 2. The molecule has 2 aromatic rings. The van der Waals surface area contributed by atoms with Crippen LogP contribution in [0.3, 0.4) is 0 Å². The molecule has 2 aliphatic rings. The van der Waals surface area contributed by atoms with E-state index in [1.54, 1.807) is 0 Å². The molecule has 0 saturated carbocycles. The van der Waals surface area contributed by atoms with Gasteiger partial charge in [-0.1, -0.05) is 29.1 Å². The van der Waals surface area contributed by atoms with Crippen molar-refractivity contribution >= 4 is 28.6 Å². The molecule has 34 heavy (non-hydrogen) atoms. The van der Waals surface area contributed by atoms with Crippen LogP contribution >= 0.6 is 11.8 Å². The molecule has 0 radical (unpaired) electrons. The first kappa shape index (κ1) is 23.9. The summed E-state index contributed by atoms with van der Waals surface area (Å²) in [4.78, 5) is 28.3. The molecule has 1 fully saturated rings. The van der Waals surface area contributed by atoms with E-state index in [0.717, 1.165) is 34.0 Å². The van der Waals surface area contributed by atoms with Gasteiger partial charge in [-0.3, -0.25) is 14.9 Å². The molecule has 2 unspecified atom stereocenters. The van der Waals surface area contributed by atoms with Gasteiger partial charge in [0.15, 0.2) is 0 Å². The molecular weight excluding hydrogens is 456 g/mol. The lowest BCUT2D eigenvalue weighted by Crippen LogP contribution is -2.45. The number of carbonyl (C=O) groups excluding carboxylic acids is 2. The minimum absolute atomic E-state index is 0.237. The van der Waals surface area contributed by atoms with Crippen molar-refractivity contribution in [3.8, 4) is 17.2 Å². The molecular formula is C25H28N2O6S. The Morgan fingerprint density at radius 3 is 2.50 bits per heavy atom. The molecule has 2 aliphatic heterocycles. The Balaban J connectivity index is 1.50. The van der Waals surface area contributed by atoms with Crippen LogP contribution in [0.1, 0.15) is 41.2 Å². The summed E-state index contributed by atoms with van der Waals surface area (Å²) in [6.07, 6.45) is 0.915. The highest BCUT2D eigenvalue weighted by atomic mass is 32.2. The molecule has 0 bridgehead atoms. The number of amides is 2. The van der Waals surface area contributed by atoms with E-state index in [4.69, 9.17) is 14.3 Å². The Kier molecular flexibility index (Phi) is 6.49. The second-order valence-electron chi connectivity index (χ2n) is 8.90. The summed E-state index contributed by atoms with van der Waals surface area (Å²) in [6.45, 7) is 7.85. The van der Waals surface area contributed by atoms with E-state index in [1.807, 2.05) is 52.0 Å². The number of benzene rings is 2. The minimum Gasteiger partial charge on any atom is -0.507 e. The number of rotatable bonds is 6. The highest BCUT2D eigenvalue weighted by Crippen LogP contribution is 2.43. The fourth-order valence-corrected chi connectivity index (χ4v) is 5.13. The second kappa shape index (κ2) is 9.21. The van der Waals surface area contributed by atoms with Gasteiger partial charge in [-0.2, -0.15) is 0 Å². The Morgan fingerprint density at radius 1 is 1.18 bits per heavy atom. The van der Waals surface area contributed by atoms with Crippen molar-refractivity contribution in [3.05, 3.63) is 52.1 Å². The number of phenolic OH excluding ortho intramolecular Hbond substituents is 1. The number of imide groups is 1. The maximum absolute atomic E-state index is 11.8. The fourth-order valence-electron chi connectivity index (χ4n) is 4.27. The van der Waals surface area contributed by atoms with Crippen LogP contribution in [0.2, 0.25) is 0 Å². The van der Waals surface area contributed by atoms with E-state index in [-0.39, 0.29) is 23.5 Å². The first-order valence-corrected chi connectivity index (χ1v) is 11.8. The molecule has 2 N–H and O–H groups in total. The maximum atomic E-state index is 11.8. The predicted octanol–water partition coefficient (Wildman–Crippen LogP) is 4.18. The number of fused-ring (bicyclic) bond motifs is 1. The lowest BCUT2D eigenvalue weighted by molar-refractivity contribution is -0.118. The van der Waals surface area contributed by atoms with Gasteiger partial charge >= 0.3 is 0 Å². The monoisotopic (exact) mass is 484 g/mol. The zero-order valence-corrected chi connectivity index (χ0v) is 20.7. The van der Waals surface area contributed by atoms with Gasteiger partial charge in [0.05, 0.1) is 11.0 Å². The number of phenols is 1. The van der Waals surface area contributed by atoms with E-state index in [0.29, 0.717) is 35.6 Å². The molecule has 2 atom stereocenters. The van der Waals surface area contributed by atoms with Gasteiger partial charge < -0.3 is 19.4 Å². The Hall–Kier alpha value is -3.20. The van der Waals surface area contributed by atoms with E-state index < -0.39 is 10.9 Å². The van der Waals surface area contributed by atoms with E-state index in [1.165, 1.54) is 7.11 Å². The lowest BCUT2D eigenvalue weighted by atomic mass is 9.86. The van der Waals surface area contributed by atoms with Gasteiger partial charge in [0.1, 0.15) is 36.6 Å². The van der Waals surface area contributed by atoms with Crippen LogP contribution in [-0.2, 0) is 16.1 Å². The number of carbonyl (C=O) groups is 2. The number of ether oxygens (including phenoxy) is 2. The normalized spacial score (nSPS) is 22.9. The number of hydrogen-bond acceptors (Lipinski definition) is 8. The molecule has 4 rings (SSSR count). The Morgan fingerprint density at radius 2 is 1.88 bits per heavy atom. The summed E-state index contributed by atoms with van der Waals surface area (Å²) < 4.78 is 12.5. The van der Waals surface area contributed by atoms with Gasteiger partial charge in [0, 0.05) is 17.5 Å². The lowest BCUT2D eigenvalue weighted by Gasteiger charge is -2.37. The third-order valence-electron chi connectivity index (χ3n) is 6.25. The van der Waals surface area contributed by atoms with Crippen LogP contribution in [0.15, 0.2) is 29.4 Å². The van der Waals surface area contributed by atoms with Crippen LogP contribution in [0, 0.1) is 20.8 Å². The van der Waals surface area contributed by atoms with E-state index >= 15 is 0 Å². The van der Waals surface area contributed by atoms with Crippen molar-refractivity contribution < 1.29 is 29.0 Å². The summed E-state index contributed by atoms with van der Waals surface area (Å²) in [7, 11) is 1.50. The summed E-state index contributed by atoms with van der Waals surface area (Å²) in [5.41, 5.74) is 4.03. The summed E-state index contributed by atoms with van der Waals surface area (Å²) in [5, 5.41) is 16.4. The topological polar surface area (TPSA) is 106 Å². The summed E-state index contributed by atoms with van der Waals surface area (Å²) >= 11 is 1.02. The zero-order chi connectivity index (χ0) is 24.6. The van der Waals surface area contributed by atoms with Crippen LogP contribution in [0.5, 0.6) is 17.2 Å². The SMILES string of the molecule is CO/N=C1/CC(C)(COc2ccc(CC3SC(=O)NC3=O)cc2)Oc2c(C)c(C)c(O)c(C)c21. The molecule has 0 aliphatic carbocycles. The highest BCUT2D eigenvalue weighted by Gasteiger charge is 2.39. The Labute approximate surface area is 202 Å². The van der Waals surface area contributed by atoms with Crippen molar-refractivity contribution in [1.82, 2.24) is 5.32 Å². The van der Waals surface area contributed by atoms with Crippen molar-refractivity contribution in [3.63, 3.8) is 0 Å². The number of aromatic hydroxyl groups is 1. The van der Waals surface area contributed by atoms with E-state index in [9.17, 15) is 14.7 Å². The average Bonchev–Trinajstić information content (AvgIpc) is 3.12. The number of nitrogens with one attached hydrogen (secondary N) is 1. The fraction of sp³-hybridized carbons (Fsp3) is 0.400. The standard InChI is InChI=1S/C25H28N2O6S/c1-13-14(2)22-20(15(3)21(13)28)18(27-31-5)11-25(4,33-22)12-32-17-8-6-16(7-9-17)10-19-23(29)26-24(30)34-19/h6-9,19,28H,10-12H2,1-5H3,(H,26,29,30)/b27-18-. The number of oxime groups is 1. The largest absolute Gasteiger partial charge is 0.507 e. The van der Waals surface area contributed by atoms with Crippen LogP contribution in [0.4, 0.5) is 4.79 Å². The van der Waals surface area contributed by atoms with Gasteiger partial charge in [-0.15, -0.1) is 0 Å². The third kappa shape index (κ3) is 4.57. The minimum atomic E-state index is -0.706. The summed E-state index contributed by atoms with van der Waals surface area (Å²) in [6, 6.07) is 7.47. The van der Waals surface area contributed by atoms with Crippen LogP contribution in [-0.4, -0.2) is 46.5 Å². The van der Waals surface area contributed by atoms with Crippen molar-refractivity contribution in [1.29, 1.82) is 0 Å². The van der Waals surface area contributed by atoms with Gasteiger partial charge in [-0.05, 0) is 62.9 Å². The quantitative estimate of drug-likeness (QED) is 0.593. The molecule has 0 aromatic heterocycles. The van der Waals surface area contributed by atoms with Crippen LogP contribution < -0.4 is 14.8 Å². The van der Waals surface area contributed by atoms with Crippen molar-refractivity contribution in [2.24, 2.45) is 5.16 Å². The first-order valence-electron chi connectivity index (χ1n) is 11.0. The number of thioether (sulfide) groups is 1. The van der Waals surface area contributed by atoms with Gasteiger partial charge in [0.2, 0.25) is 5.91 Å². The first-order chi connectivity index (χ1) is 16.1. The zero-order valence-electron chi connectivity index (χ0n) is 19.9. The predicted molar refractivity (Wildman–Crippen MR) is 130 cm³/mol. The second-order valence-corrected chi connectivity index (χ2v) is 10.1. The van der Waals surface area contributed by atoms with Crippen molar-refractivity contribution in [2.75, 3.05) is 13.7 Å². The molecule has 9 heteroatoms. The highest BCUT2D eigenvalue weighted by molar-refractivity contribution is 8.15. The third-order valence-corrected chi connectivity index (χ3v) is 7.23. The molecule has 180 valence electrons. The smallest absolute Gasteiger partial charge is 0.286 e. The molecule has 2 heterocycles. The molecule has 8 nitrogen and oxygen atoms in total. The molecule has 2 aromatic carbocycles. The van der Waals surface area contributed by atoms with Gasteiger partial charge in [0.25, 0.3) is 5.24 Å². The van der Waals surface area contributed by atoms with Gasteiger partial charge in [-0.25, -0.2) is 0 Å². The number of nitrogens with zero attached hydrogens (tertiary/aromatic N) is 1.